The maximum Gasteiger partial charge on any atom is 0.296 e. The Hall–Kier alpha value is -1.98. The molecular weight excluding hydrogens is 261 g/mol. The highest BCUT2D eigenvalue weighted by Gasteiger charge is 2.41. The molecule has 19 heavy (non-hydrogen) atoms. The molecule has 0 radical (unpaired) electrons. The van der Waals surface area contributed by atoms with E-state index in [0.717, 1.165) is 6.07 Å². The molecule has 0 spiro atoms. The first kappa shape index (κ1) is 13.5. The minimum absolute atomic E-state index is 0.00373. The molecule has 0 heterocycles. The average Bonchev–Trinajstić information content (AvgIpc) is 2.55. The number of fused-ring (bicyclic) bond motifs is 1. The Morgan fingerprint density at radius 3 is 2.26 bits per heavy atom. The molecule has 0 saturated carbocycles. The van der Waals surface area contributed by atoms with Gasteiger partial charge in [0.15, 0.2) is 17.3 Å². The number of aryl methyl sites for hydroxylation is 1. The summed E-state index contributed by atoms with van der Waals surface area (Å²) >= 11 is 0. The maximum absolute atomic E-state index is 13.3. The van der Waals surface area contributed by atoms with Crippen LogP contribution in [0.5, 0.6) is 0 Å². The molecule has 0 saturated heterocycles. The fraction of sp³-hybridized carbons (Fsp3) is 0.308. The number of halogens is 3. The van der Waals surface area contributed by atoms with E-state index in [2.05, 4.69) is 0 Å². The molecule has 0 aromatic heterocycles. The number of ketones is 3. The van der Waals surface area contributed by atoms with Crippen molar-refractivity contribution >= 4 is 17.3 Å². The lowest BCUT2D eigenvalue weighted by Crippen LogP contribution is -2.22. The Labute approximate surface area is 106 Å². The van der Waals surface area contributed by atoms with Gasteiger partial charge in [-0.1, -0.05) is 0 Å². The van der Waals surface area contributed by atoms with Crippen LogP contribution in [0.4, 0.5) is 13.2 Å². The molecule has 0 fully saturated rings. The van der Waals surface area contributed by atoms with E-state index in [1.807, 2.05) is 0 Å². The van der Waals surface area contributed by atoms with Crippen molar-refractivity contribution < 1.29 is 27.6 Å². The number of hydrogen-bond acceptors (Lipinski definition) is 3. The number of Topliss-reactive ketones (excluding diaryl/α,β-unsaturated/α-hetero) is 3. The fourth-order valence-corrected chi connectivity index (χ4v) is 2.06. The first-order chi connectivity index (χ1) is 8.82. The van der Waals surface area contributed by atoms with Gasteiger partial charge in [0.05, 0.1) is 5.92 Å². The molecule has 1 unspecified atom stereocenters. The van der Waals surface area contributed by atoms with Crippen LogP contribution < -0.4 is 0 Å². The van der Waals surface area contributed by atoms with Crippen LogP contribution in [-0.2, 0) is 4.79 Å². The molecule has 1 aromatic rings. The average molecular weight is 270 g/mol. The number of rotatable bonds is 3. The molecule has 2 rings (SSSR count). The van der Waals surface area contributed by atoms with Crippen LogP contribution in [0.15, 0.2) is 12.1 Å². The maximum atomic E-state index is 13.3. The second-order valence-electron chi connectivity index (χ2n) is 4.40. The minimum Gasteiger partial charge on any atom is -0.293 e. The zero-order valence-electron chi connectivity index (χ0n) is 9.88. The smallest absolute Gasteiger partial charge is 0.293 e. The van der Waals surface area contributed by atoms with Gasteiger partial charge >= 0.3 is 0 Å². The largest absolute Gasteiger partial charge is 0.296 e. The van der Waals surface area contributed by atoms with Gasteiger partial charge in [0, 0.05) is 17.5 Å². The molecule has 6 heteroatoms. The van der Waals surface area contributed by atoms with Crippen molar-refractivity contribution in [2.75, 3.05) is 0 Å². The van der Waals surface area contributed by atoms with Crippen molar-refractivity contribution in [1.29, 1.82) is 0 Å². The van der Waals surface area contributed by atoms with Gasteiger partial charge in [-0.3, -0.25) is 14.4 Å². The monoisotopic (exact) mass is 270 g/mol. The van der Waals surface area contributed by atoms with Crippen LogP contribution in [0.25, 0.3) is 0 Å². The number of hydrogen-bond donors (Lipinski definition) is 0. The summed E-state index contributed by atoms with van der Waals surface area (Å²) in [5.74, 6) is -5.03. The topological polar surface area (TPSA) is 51.2 Å². The summed E-state index contributed by atoms with van der Waals surface area (Å²) in [5, 5.41) is 0. The summed E-state index contributed by atoms with van der Waals surface area (Å²) in [4.78, 5) is 34.7. The number of carbonyl (C=O) groups is 3. The van der Waals surface area contributed by atoms with Crippen molar-refractivity contribution in [3.63, 3.8) is 0 Å². The summed E-state index contributed by atoms with van der Waals surface area (Å²) in [5.41, 5.74) is 0.0388. The van der Waals surface area contributed by atoms with E-state index >= 15 is 0 Å². The van der Waals surface area contributed by atoms with E-state index in [1.54, 1.807) is 0 Å². The second kappa shape index (κ2) is 4.60. The summed E-state index contributed by atoms with van der Waals surface area (Å²) in [6.45, 7) is 1.42. The molecule has 0 N–H and O–H groups in total. The molecule has 1 aliphatic rings. The van der Waals surface area contributed by atoms with Crippen LogP contribution in [0.2, 0.25) is 0 Å². The predicted molar refractivity (Wildman–Crippen MR) is 58.9 cm³/mol. The fourth-order valence-electron chi connectivity index (χ4n) is 2.06. The Balaban J connectivity index is 2.37. The normalized spacial score (nSPS) is 18.1. The lowest BCUT2D eigenvalue weighted by atomic mass is 9.97. The summed E-state index contributed by atoms with van der Waals surface area (Å²) in [7, 11) is 0. The van der Waals surface area contributed by atoms with Gasteiger partial charge in [0.2, 0.25) is 0 Å². The van der Waals surface area contributed by atoms with E-state index in [-0.39, 0.29) is 16.7 Å². The van der Waals surface area contributed by atoms with Gasteiger partial charge in [-0.2, -0.15) is 0 Å². The summed E-state index contributed by atoms with van der Waals surface area (Å²) in [6, 6.07) is 2.12. The van der Waals surface area contributed by atoms with E-state index in [1.165, 1.54) is 13.0 Å². The molecule has 1 aliphatic carbocycles. The Morgan fingerprint density at radius 2 is 1.74 bits per heavy atom. The zero-order chi connectivity index (χ0) is 14.3. The van der Waals surface area contributed by atoms with Gasteiger partial charge in [-0.05, 0) is 24.6 Å². The van der Waals surface area contributed by atoms with E-state index in [4.69, 9.17) is 0 Å². The van der Waals surface area contributed by atoms with Crippen molar-refractivity contribution in [2.45, 2.75) is 19.8 Å². The van der Waals surface area contributed by atoms with Crippen molar-refractivity contribution in [3.8, 4) is 0 Å². The SMILES string of the molecule is Cc1cc2c(cc1F)C(=O)C(CC(=O)C(F)F)C2=O. The van der Waals surface area contributed by atoms with Crippen molar-refractivity contribution in [3.05, 3.63) is 34.6 Å². The Morgan fingerprint density at radius 1 is 1.21 bits per heavy atom. The van der Waals surface area contributed by atoms with Gasteiger partial charge in [0.1, 0.15) is 5.82 Å². The van der Waals surface area contributed by atoms with Crippen LogP contribution in [-0.4, -0.2) is 23.8 Å². The van der Waals surface area contributed by atoms with E-state index in [0.29, 0.717) is 0 Å². The van der Waals surface area contributed by atoms with Crippen molar-refractivity contribution in [2.24, 2.45) is 5.92 Å². The van der Waals surface area contributed by atoms with Crippen LogP contribution in [0, 0.1) is 18.7 Å². The third kappa shape index (κ3) is 2.18. The summed E-state index contributed by atoms with van der Waals surface area (Å²) in [6.07, 6.45) is -4.06. The third-order valence-electron chi connectivity index (χ3n) is 3.11. The van der Waals surface area contributed by atoms with Crippen LogP contribution in [0.3, 0.4) is 0 Å². The van der Waals surface area contributed by atoms with Gasteiger partial charge in [0.25, 0.3) is 6.43 Å². The highest BCUT2D eigenvalue weighted by Crippen LogP contribution is 2.31. The van der Waals surface area contributed by atoms with E-state index in [9.17, 15) is 27.6 Å². The minimum atomic E-state index is -3.22. The van der Waals surface area contributed by atoms with E-state index < -0.39 is 41.9 Å². The van der Waals surface area contributed by atoms with Crippen LogP contribution in [0.1, 0.15) is 32.7 Å². The predicted octanol–water partition coefficient (Wildman–Crippen LogP) is 2.35. The molecular formula is C13H9F3O3. The van der Waals surface area contributed by atoms with Gasteiger partial charge in [-0.15, -0.1) is 0 Å². The first-order valence-electron chi connectivity index (χ1n) is 5.52. The quantitative estimate of drug-likeness (QED) is 0.792. The lowest BCUT2D eigenvalue weighted by molar-refractivity contribution is -0.129. The summed E-state index contributed by atoms with van der Waals surface area (Å²) < 4.78 is 37.7. The second-order valence-corrected chi connectivity index (χ2v) is 4.40. The molecule has 0 bridgehead atoms. The zero-order valence-corrected chi connectivity index (χ0v) is 9.88. The highest BCUT2D eigenvalue weighted by atomic mass is 19.3. The number of benzene rings is 1. The molecule has 1 aromatic carbocycles. The standard InChI is InChI=1S/C13H9F3O3/c1-5-2-6-7(3-9(5)14)12(19)8(11(6)18)4-10(17)13(15)16/h2-3,8,13H,4H2,1H3. The number of alkyl halides is 2. The molecule has 3 nitrogen and oxygen atoms in total. The van der Waals surface area contributed by atoms with Crippen LogP contribution >= 0.6 is 0 Å². The lowest BCUT2D eigenvalue weighted by Gasteiger charge is -2.04. The first-order valence-corrected chi connectivity index (χ1v) is 5.52. The van der Waals surface area contributed by atoms with Gasteiger partial charge in [-0.25, -0.2) is 13.2 Å². The highest BCUT2D eigenvalue weighted by molar-refractivity contribution is 6.27. The molecule has 0 amide bonds. The molecule has 0 aliphatic heterocycles. The molecule has 1 atom stereocenters. The Kier molecular flexibility index (Phi) is 3.26. The molecule has 100 valence electrons. The number of carbonyl (C=O) groups excluding carboxylic acids is 3. The third-order valence-corrected chi connectivity index (χ3v) is 3.11. The Bertz CT molecular complexity index is 552. The van der Waals surface area contributed by atoms with Gasteiger partial charge < -0.3 is 0 Å². The van der Waals surface area contributed by atoms with Crippen molar-refractivity contribution in [1.82, 2.24) is 0 Å².